The van der Waals surface area contributed by atoms with Gasteiger partial charge in [0.2, 0.25) is 0 Å². The van der Waals surface area contributed by atoms with Crippen molar-refractivity contribution in [2.75, 3.05) is 7.11 Å². The van der Waals surface area contributed by atoms with Gasteiger partial charge in [0.25, 0.3) is 0 Å². The highest BCUT2D eigenvalue weighted by Gasteiger charge is 2.32. The Morgan fingerprint density at radius 2 is 1.81 bits per heavy atom. The van der Waals surface area contributed by atoms with E-state index in [-0.39, 0.29) is 5.97 Å². The minimum absolute atomic E-state index is 0.343. The van der Waals surface area contributed by atoms with Crippen LogP contribution in [0.15, 0.2) is 24.3 Å². The summed E-state index contributed by atoms with van der Waals surface area (Å²) in [5.41, 5.74) is 0.736. The average Bonchev–Trinajstić information content (AvgIpc) is 2.77. The molecule has 2 rings (SSSR count). The van der Waals surface area contributed by atoms with Crippen molar-refractivity contribution in [2.45, 2.75) is 31.3 Å². The number of esters is 1. The summed E-state index contributed by atoms with van der Waals surface area (Å²) in [6, 6.07) is 7.05. The Morgan fingerprint density at radius 3 is 2.31 bits per heavy atom. The van der Waals surface area contributed by atoms with Crippen LogP contribution in [0.3, 0.4) is 0 Å². The molecule has 0 aliphatic heterocycles. The van der Waals surface area contributed by atoms with E-state index in [1.165, 1.54) is 7.11 Å². The first-order valence-corrected chi connectivity index (χ1v) is 5.57. The molecule has 3 heteroatoms. The molecule has 0 saturated heterocycles. The van der Waals surface area contributed by atoms with Gasteiger partial charge in [-0.3, -0.25) is 0 Å². The van der Waals surface area contributed by atoms with Gasteiger partial charge in [-0.05, 0) is 30.5 Å². The number of carbonyl (C=O) groups excluding carboxylic acids is 1. The first-order valence-electron chi connectivity index (χ1n) is 5.57. The molecule has 0 amide bonds. The third kappa shape index (κ3) is 1.95. The molecule has 1 aromatic carbocycles. The summed E-state index contributed by atoms with van der Waals surface area (Å²) in [6.45, 7) is 0. The molecule has 16 heavy (non-hydrogen) atoms. The molecule has 3 nitrogen and oxygen atoms in total. The third-order valence-electron chi connectivity index (χ3n) is 3.27. The summed E-state index contributed by atoms with van der Waals surface area (Å²) < 4.78 is 4.63. The Bertz CT molecular complexity index is 375. The van der Waals surface area contributed by atoms with Gasteiger partial charge in [-0.1, -0.05) is 25.0 Å². The summed E-state index contributed by atoms with van der Waals surface area (Å²) in [7, 11) is 1.36. The van der Waals surface area contributed by atoms with Crippen molar-refractivity contribution in [3.05, 3.63) is 35.4 Å². The molecule has 0 heterocycles. The van der Waals surface area contributed by atoms with Crippen molar-refractivity contribution < 1.29 is 14.6 Å². The van der Waals surface area contributed by atoms with Gasteiger partial charge in [0.15, 0.2) is 0 Å². The van der Waals surface area contributed by atoms with Gasteiger partial charge in [-0.2, -0.15) is 0 Å². The fraction of sp³-hybridized carbons (Fsp3) is 0.462. The molecule has 0 radical (unpaired) electrons. The van der Waals surface area contributed by atoms with Crippen LogP contribution in [0.1, 0.15) is 41.6 Å². The number of hydrogen-bond donors (Lipinski definition) is 1. The van der Waals surface area contributed by atoms with Gasteiger partial charge in [0, 0.05) is 0 Å². The van der Waals surface area contributed by atoms with Crippen molar-refractivity contribution in [1.29, 1.82) is 0 Å². The Kier molecular flexibility index (Phi) is 2.97. The summed E-state index contributed by atoms with van der Waals surface area (Å²) in [4.78, 5) is 11.2. The Morgan fingerprint density at radius 1 is 1.25 bits per heavy atom. The van der Waals surface area contributed by atoms with Crippen LogP contribution in [-0.4, -0.2) is 18.2 Å². The van der Waals surface area contributed by atoms with Gasteiger partial charge in [0.1, 0.15) is 0 Å². The summed E-state index contributed by atoms with van der Waals surface area (Å²) in [5, 5.41) is 10.3. The monoisotopic (exact) mass is 220 g/mol. The van der Waals surface area contributed by atoms with E-state index in [9.17, 15) is 9.90 Å². The molecular weight excluding hydrogens is 204 g/mol. The predicted molar refractivity (Wildman–Crippen MR) is 60.1 cm³/mol. The van der Waals surface area contributed by atoms with Crippen LogP contribution in [0.25, 0.3) is 0 Å². The number of benzene rings is 1. The second-order valence-corrected chi connectivity index (χ2v) is 4.31. The molecule has 0 unspecified atom stereocenters. The summed E-state index contributed by atoms with van der Waals surface area (Å²) in [6.07, 6.45) is 3.75. The van der Waals surface area contributed by atoms with Crippen molar-refractivity contribution in [2.24, 2.45) is 0 Å². The van der Waals surface area contributed by atoms with Crippen molar-refractivity contribution in [1.82, 2.24) is 0 Å². The number of methoxy groups -OCH3 is 1. The lowest BCUT2D eigenvalue weighted by Crippen LogP contribution is -2.20. The highest BCUT2D eigenvalue weighted by Crippen LogP contribution is 2.38. The molecule has 0 atom stereocenters. The number of ether oxygens (including phenoxy) is 1. The molecule has 1 aromatic rings. The minimum atomic E-state index is -0.686. The van der Waals surface area contributed by atoms with Crippen LogP contribution in [0.2, 0.25) is 0 Å². The highest BCUT2D eigenvalue weighted by molar-refractivity contribution is 5.89. The molecule has 86 valence electrons. The predicted octanol–water partition coefficient (Wildman–Crippen LogP) is 2.23. The van der Waals surface area contributed by atoms with Gasteiger partial charge in [-0.25, -0.2) is 4.79 Å². The largest absolute Gasteiger partial charge is 0.465 e. The van der Waals surface area contributed by atoms with Gasteiger partial charge in [0.05, 0.1) is 18.3 Å². The standard InChI is InChI=1S/C13H16O3/c1-16-12(14)10-4-6-11(7-5-10)13(15)8-2-3-9-13/h4-7,15H,2-3,8-9H2,1H3. The van der Waals surface area contributed by atoms with Crippen LogP contribution in [0, 0.1) is 0 Å². The molecule has 1 fully saturated rings. The maximum atomic E-state index is 11.2. The van der Waals surface area contributed by atoms with E-state index in [4.69, 9.17) is 0 Å². The fourth-order valence-electron chi connectivity index (χ4n) is 2.28. The number of rotatable bonds is 2. The lowest BCUT2D eigenvalue weighted by molar-refractivity contribution is 0.0442. The maximum Gasteiger partial charge on any atom is 0.337 e. The molecular formula is C13H16O3. The maximum absolute atomic E-state index is 11.2. The van der Waals surface area contributed by atoms with Gasteiger partial charge < -0.3 is 9.84 Å². The Balaban J connectivity index is 2.22. The lowest BCUT2D eigenvalue weighted by atomic mass is 9.92. The molecule has 0 spiro atoms. The van der Waals surface area contributed by atoms with E-state index in [2.05, 4.69) is 4.74 Å². The number of aliphatic hydroxyl groups is 1. The fourth-order valence-corrected chi connectivity index (χ4v) is 2.28. The SMILES string of the molecule is COC(=O)c1ccc(C2(O)CCCC2)cc1. The molecule has 0 bridgehead atoms. The average molecular weight is 220 g/mol. The van der Waals surface area contributed by atoms with E-state index in [1.54, 1.807) is 12.1 Å². The summed E-state index contributed by atoms with van der Waals surface area (Å²) in [5.74, 6) is -0.343. The van der Waals surface area contributed by atoms with Gasteiger partial charge in [-0.15, -0.1) is 0 Å². The summed E-state index contributed by atoms with van der Waals surface area (Å²) >= 11 is 0. The van der Waals surface area contributed by atoms with Gasteiger partial charge >= 0.3 is 5.97 Å². The Labute approximate surface area is 95.0 Å². The zero-order valence-corrected chi connectivity index (χ0v) is 9.40. The minimum Gasteiger partial charge on any atom is -0.465 e. The smallest absolute Gasteiger partial charge is 0.337 e. The van der Waals surface area contributed by atoms with E-state index in [0.717, 1.165) is 31.2 Å². The highest BCUT2D eigenvalue weighted by atomic mass is 16.5. The number of carbonyl (C=O) groups is 1. The molecule has 1 aliphatic rings. The van der Waals surface area contributed by atoms with Crippen molar-refractivity contribution in [3.63, 3.8) is 0 Å². The lowest BCUT2D eigenvalue weighted by Gasteiger charge is -2.22. The van der Waals surface area contributed by atoms with E-state index in [0.29, 0.717) is 5.56 Å². The first-order chi connectivity index (χ1) is 7.65. The zero-order valence-electron chi connectivity index (χ0n) is 9.40. The quantitative estimate of drug-likeness (QED) is 0.777. The molecule has 1 N–H and O–H groups in total. The third-order valence-corrected chi connectivity index (χ3v) is 3.27. The van der Waals surface area contributed by atoms with E-state index >= 15 is 0 Å². The van der Waals surface area contributed by atoms with E-state index in [1.807, 2.05) is 12.1 Å². The van der Waals surface area contributed by atoms with Crippen LogP contribution >= 0.6 is 0 Å². The van der Waals surface area contributed by atoms with E-state index < -0.39 is 5.60 Å². The second kappa shape index (κ2) is 4.26. The molecule has 1 aliphatic carbocycles. The molecule has 1 saturated carbocycles. The van der Waals surface area contributed by atoms with Crippen molar-refractivity contribution in [3.8, 4) is 0 Å². The first kappa shape index (κ1) is 11.1. The van der Waals surface area contributed by atoms with Crippen LogP contribution in [-0.2, 0) is 10.3 Å². The van der Waals surface area contributed by atoms with Crippen LogP contribution < -0.4 is 0 Å². The normalized spacial score (nSPS) is 18.4. The second-order valence-electron chi connectivity index (χ2n) is 4.31. The Hall–Kier alpha value is -1.35. The molecule has 0 aromatic heterocycles. The van der Waals surface area contributed by atoms with Crippen molar-refractivity contribution >= 4 is 5.97 Å². The van der Waals surface area contributed by atoms with Crippen LogP contribution in [0.4, 0.5) is 0 Å². The number of hydrogen-bond acceptors (Lipinski definition) is 3. The topological polar surface area (TPSA) is 46.5 Å². The zero-order chi connectivity index (χ0) is 11.6. The van der Waals surface area contributed by atoms with Crippen LogP contribution in [0.5, 0.6) is 0 Å².